The molecule has 0 radical (unpaired) electrons. The van der Waals surface area contributed by atoms with Crippen molar-refractivity contribution < 1.29 is 19.1 Å². The maximum absolute atomic E-state index is 12.3. The molecule has 11 heteroatoms. The average molecular weight is 521 g/mol. The zero-order valence-corrected chi connectivity index (χ0v) is 19.5. The van der Waals surface area contributed by atoms with Crippen molar-refractivity contribution in [2.24, 2.45) is 10.2 Å². The van der Waals surface area contributed by atoms with Crippen LogP contribution in [-0.4, -0.2) is 28.4 Å². The minimum absolute atomic E-state index is 0.0301. The highest BCUT2D eigenvalue weighted by molar-refractivity contribution is 8.18. The van der Waals surface area contributed by atoms with E-state index >= 15 is 0 Å². The molecule has 33 heavy (non-hydrogen) atoms. The number of carboxylic acid groups (broad SMARTS) is 1. The van der Waals surface area contributed by atoms with E-state index in [1.165, 1.54) is 18.3 Å². The van der Waals surface area contributed by atoms with E-state index in [1.54, 1.807) is 42.5 Å². The van der Waals surface area contributed by atoms with Crippen LogP contribution in [0.4, 0.5) is 0 Å². The van der Waals surface area contributed by atoms with Gasteiger partial charge in [0.2, 0.25) is 0 Å². The number of benzene rings is 2. The fourth-order valence-corrected chi connectivity index (χ4v) is 4.20. The number of amidine groups is 1. The van der Waals surface area contributed by atoms with Crippen molar-refractivity contribution in [3.63, 3.8) is 0 Å². The number of carbonyl (C=O) groups excluding carboxylic acids is 1. The van der Waals surface area contributed by atoms with Gasteiger partial charge in [-0.1, -0.05) is 40.9 Å². The Kier molecular flexibility index (Phi) is 6.90. The minimum Gasteiger partial charge on any atom is -0.478 e. The Morgan fingerprint density at radius 3 is 2.64 bits per heavy atom. The molecule has 1 saturated heterocycles. The van der Waals surface area contributed by atoms with Gasteiger partial charge in [-0.25, -0.2) is 4.79 Å². The number of aromatic carboxylic acids is 1. The molecule has 0 atom stereocenters. The van der Waals surface area contributed by atoms with Crippen LogP contribution in [0.15, 0.2) is 68.1 Å². The zero-order chi connectivity index (χ0) is 23.5. The third-order valence-electron chi connectivity index (χ3n) is 4.34. The molecule has 0 unspecified atom stereocenters. The molecule has 1 amide bonds. The summed E-state index contributed by atoms with van der Waals surface area (Å²) in [6.07, 6.45) is 3.01. The number of nitrogens with one attached hydrogen (secondary N) is 1. The Labute approximate surface area is 206 Å². The molecule has 1 fully saturated rings. The Morgan fingerprint density at radius 2 is 1.88 bits per heavy atom. The van der Waals surface area contributed by atoms with Gasteiger partial charge in [0.25, 0.3) is 5.91 Å². The topological polar surface area (TPSA) is 104 Å². The molecule has 166 valence electrons. The summed E-state index contributed by atoms with van der Waals surface area (Å²) in [6.45, 7) is 0. The molecular formula is C22H12Cl3N3O4S. The van der Waals surface area contributed by atoms with E-state index in [9.17, 15) is 14.7 Å². The number of rotatable bonds is 5. The normalized spacial score (nSPS) is 16.2. The van der Waals surface area contributed by atoms with Crippen LogP contribution in [-0.2, 0) is 4.79 Å². The number of hydrogen-bond acceptors (Lipinski definition) is 6. The molecule has 0 bridgehead atoms. The zero-order valence-electron chi connectivity index (χ0n) is 16.4. The fraction of sp³-hybridized carbons (Fsp3) is 0. The Hall–Kier alpha value is -3.04. The van der Waals surface area contributed by atoms with Gasteiger partial charge < -0.3 is 9.52 Å². The predicted molar refractivity (Wildman–Crippen MR) is 131 cm³/mol. The summed E-state index contributed by atoms with van der Waals surface area (Å²) < 4.78 is 5.75. The van der Waals surface area contributed by atoms with E-state index in [-0.39, 0.29) is 16.5 Å². The second-order valence-electron chi connectivity index (χ2n) is 6.58. The standard InChI is InChI=1S/C22H12Cl3N3O4S/c23-13-3-1-12(17(25)8-13)10-26-28-22-27-20(29)19(33-22)9-14-4-6-18(32-14)11-2-5-16(24)15(7-11)21(30)31/h1-10H,(H,30,31)(H,27,28,29)/b19-9+,26-10-. The van der Waals surface area contributed by atoms with Crippen molar-refractivity contribution in [3.8, 4) is 11.3 Å². The van der Waals surface area contributed by atoms with Gasteiger partial charge >= 0.3 is 5.97 Å². The summed E-state index contributed by atoms with van der Waals surface area (Å²) in [7, 11) is 0. The Bertz CT molecular complexity index is 1360. The summed E-state index contributed by atoms with van der Waals surface area (Å²) in [4.78, 5) is 23.9. The quantitative estimate of drug-likeness (QED) is 0.237. The summed E-state index contributed by atoms with van der Waals surface area (Å²) in [5.41, 5.74) is 1.15. The van der Waals surface area contributed by atoms with E-state index in [2.05, 4.69) is 15.5 Å². The van der Waals surface area contributed by atoms with Gasteiger partial charge in [-0.15, -0.1) is 5.10 Å². The first-order valence-electron chi connectivity index (χ1n) is 9.20. The van der Waals surface area contributed by atoms with Crippen LogP contribution in [0.5, 0.6) is 0 Å². The summed E-state index contributed by atoms with van der Waals surface area (Å²) in [5, 5.41) is 21.2. The molecule has 1 aliphatic rings. The number of furan rings is 1. The van der Waals surface area contributed by atoms with Gasteiger partial charge in [-0.05, 0) is 54.2 Å². The smallest absolute Gasteiger partial charge is 0.337 e. The van der Waals surface area contributed by atoms with Crippen molar-refractivity contribution >= 4 is 75.9 Å². The number of carboxylic acids is 1. The molecule has 1 aromatic heterocycles. The number of thioether (sulfide) groups is 1. The molecule has 0 aliphatic carbocycles. The lowest BCUT2D eigenvalue weighted by Crippen LogP contribution is -2.19. The maximum Gasteiger partial charge on any atom is 0.337 e. The van der Waals surface area contributed by atoms with Crippen molar-refractivity contribution in [3.05, 3.63) is 85.4 Å². The van der Waals surface area contributed by atoms with Crippen molar-refractivity contribution in [2.75, 3.05) is 0 Å². The molecular weight excluding hydrogens is 509 g/mol. The lowest BCUT2D eigenvalue weighted by atomic mass is 10.1. The van der Waals surface area contributed by atoms with Gasteiger partial charge in [-0.2, -0.15) is 5.10 Å². The van der Waals surface area contributed by atoms with E-state index < -0.39 is 5.97 Å². The third-order valence-corrected chi connectivity index (χ3v) is 6.13. The monoisotopic (exact) mass is 519 g/mol. The van der Waals surface area contributed by atoms with Crippen molar-refractivity contribution in [1.29, 1.82) is 0 Å². The van der Waals surface area contributed by atoms with Gasteiger partial charge in [0.1, 0.15) is 11.5 Å². The fourth-order valence-electron chi connectivity index (χ4n) is 2.78. The molecule has 1 aliphatic heterocycles. The molecule has 2 N–H and O–H groups in total. The SMILES string of the molecule is O=C1N/C(=N/N=C\c2ccc(Cl)cc2Cl)S/C1=C/c1ccc(-c2ccc(Cl)c(C(=O)O)c2)o1. The average Bonchev–Trinajstić information content (AvgIpc) is 3.37. The Morgan fingerprint density at radius 1 is 1.06 bits per heavy atom. The van der Waals surface area contributed by atoms with Gasteiger partial charge in [0.05, 0.1) is 26.7 Å². The third kappa shape index (κ3) is 5.48. The van der Waals surface area contributed by atoms with Crippen molar-refractivity contribution in [1.82, 2.24) is 5.32 Å². The van der Waals surface area contributed by atoms with Gasteiger partial charge in [0, 0.05) is 22.2 Å². The molecule has 0 saturated carbocycles. The van der Waals surface area contributed by atoms with E-state index in [0.29, 0.717) is 42.8 Å². The molecule has 4 rings (SSSR count). The van der Waals surface area contributed by atoms with Crippen LogP contribution in [0.1, 0.15) is 21.7 Å². The second kappa shape index (κ2) is 9.84. The predicted octanol–water partition coefficient (Wildman–Crippen LogP) is 6.20. The summed E-state index contributed by atoms with van der Waals surface area (Å²) in [5.74, 6) is -0.645. The summed E-state index contributed by atoms with van der Waals surface area (Å²) in [6, 6.07) is 12.9. The maximum atomic E-state index is 12.3. The number of nitrogens with zero attached hydrogens (tertiary/aromatic N) is 2. The van der Waals surface area contributed by atoms with E-state index in [4.69, 9.17) is 39.2 Å². The van der Waals surface area contributed by atoms with Gasteiger partial charge in [-0.3, -0.25) is 10.1 Å². The van der Waals surface area contributed by atoms with Crippen LogP contribution in [0.3, 0.4) is 0 Å². The molecule has 2 aromatic carbocycles. The largest absolute Gasteiger partial charge is 0.478 e. The van der Waals surface area contributed by atoms with Crippen molar-refractivity contribution in [2.45, 2.75) is 0 Å². The number of carbonyl (C=O) groups is 2. The summed E-state index contributed by atoms with van der Waals surface area (Å²) >= 11 is 19.0. The number of hydrogen-bond donors (Lipinski definition) is 2. The van der Waals surface area contributed by atoms with Crippen LogP contribution < -0.4 is 5.32 Å². The number of halogens is 3. The lowest BCUT2D eigenvalue weighted by molar-refractivity contribution is -0.115. The van der Waals surface area contributed by atoms with E-state index in [0.717, 1.165) is 11.8 Å². The highest BCUT2D eigenvalue weighted by Gasteiger charge is 2.24. The highest BCUT2D eigenvalue weighted by Crippen LogP contribution is 2.30. The molecule has 0 spiro atoms. The van der Waals surface area contributed by atoms with E-state index in [1.807, 2.05) is 0 Å². The van der Waals surface area contributed by atoms with Gasteiger partial charge in [0.15, 0.2) is 5.17 Å². The molecule has 7 nitrogen and oxygen atoms in total. The first-order valence-corrected chi connectivity index (χ1v) is 11.2. The highest BCUT2D eigenvalue weighted by atomic mass is 35.5. The van der Waals surface area contributed by atoms with Crippen LogP contribution >= 0.6 is 46.6 Å². The van der Waals surface area contributed by atoms with Crippen LogP contribution in [0.25, 0.3) is 17.4 Å². The molecule has 3 aromatic rings. The Balaban J connectivity index is 1.49. The first-order chi connectivity index (χ1) is 15.8. The number of amides is 1. The second-order valence-corrected chi connectivity index (χ2v) is 8.86. The first kappa shape index (κ1) is 23.1. The lowest BCUT2D eigenvalue weighted by Gasteiger charge is -2.02. The minimum atomic E-state index is -1.14. The molecule has 2 heterocycles. The van der Waals surface area contributed by atoms with Crippen LogP contribution in [0, 0.1) is 0 Å². The van der Waals surface area contributed by atoms with Crippen LogP contribution in [0.2, 0.25) is 15.1 Å².